The Bertz CT molecular complexity index is 646. The molecule has 6 atom stereocenters. The maximum Gasteiger partial charge on any atom is 0.240 e. The van der Waals surface area contributed by atoms with Gasteiger partial charge in [-0.15, -0.1) is 10.2 Å². The van der Waals surface area contributed by atoms with Gasteiger partial charge in [0, 0.05) is 0 Å². The Kier molecular flexibility index (Phi) is 1.87. The average Bonchev–Trinajstić information content (AvgIpc) is 3.10. The predicted octanol–water partition coefficient (Wildman–Crippen LogP) is 1.40. The van der Waals surface area contributed by atoms with Crippen LogP contribution in [0.3, 0.4) is 0 Å². The lowest BCUT2D eigenvalue weighted by atomic mass is 9.63. The quantitative estimate of drug-likeness (QED) is 0.578. The van der Waals surface area contributed by atoms with E-state index in [0.29, 0.717) is 17.0 Å². The molecule has 5 nitrogen and oxygen atoms in total. The molecule has 20 heavy (non-hydrogen) atoms. The van der Waals surface area contributed by atoms with Gasteiger partial charge in [-0.05, 0) is 37.0 Å². The van der Waals surface area contributed by atoms with E-state index in [2.05, 4.69) is 22.3 Å². The van der Waals surface area contributed by atoms with Crippen molar-refractivity contribution >= 4 is 28.3 Å². The van der Waals surface area contributed by atoms with Gasteiger partial charge in [-0.3, -0.25) is 9.59 Å². The second-order valence-electron chi connectivity index (χ2n) is 6.27. The Balaban J connectivity index is 1.60. The minimum Gasteiger partial charge on any atom is -0.274 e. The fourth-order valence-electron chi connectivity index (χ4n) is 4.52. The van der Waals surface area contributed by atoms with Gasteiger partial charge >= 0.3 is 0 Å². The van der Waals surface area contributed by atoms with E-state index in [1.165, 1.54) is 22.7 Å². The fraction of sp³-hybridized carbons (Fsp3) is 0.571. The Morgan fingerprint density at radius 1 is 1.10 bits per heavy atom. The number of aromatic nitrogens is 2. The molecule has 0 N–H and O–H groups in total. The second-order valence-corrected chi connectivity index (χ2v) is 7.43. The zero-order valence-corrected chi connectivity index (χ0v) is 11.7. The van der Waals surface area contributed by atoms with Crippen LogP contribution in [0.2, 0.25) is 0 Å². The fourth-order valence-corrected chi connectivity index (χ4v) is 5.22. The number of hydrogen-bond acceptors (Lipinski definition) is 5. The van der Waals surface area contributed by atoms with Crippen molar-refractivity contribution in [3.8, 4) is 0 Å². The minimum atomic E-state index is -0.148. The molecule has 2 saturated carbocycles. The molecule has 5 aliphatic rings. The van der Waals surface area contributed by atoms with Crippen molar-refractivity contribution in [3.05, 3.63) is 17.2 Å². The number of imide groups is 1. The molecule has 1 aliphatic heterocycles. The highest BCUT2D eigenvalue weighted by atomic mass is 32.1. The SMILES string of the molecule is Cc1nnc(N2C(=O)[C@@H]3[C@@H]4C=C[C@H]([C@H]5C[C@H]45)[C@@H]3C2=O)s1. The van der Waals surface area contributed by atoms with Crippen molar-refractivity contribution in [1.29, 1.82) is 0 Å². The van der Waals surface area contributed by atoms with E-state index in [0.717, 1.165) is 5.01 Å². The number of allylic oxidation sites excluding steroid dienone is 2. The molecule has 1 saturated heterocycles. The lowest BCUT2D eigenvalue weighted by Crippen LogP contribution is -2.40. The number of carbonyl (C=O) groups is 2. The number of aryl methyl sites for hydroxylation is 1. The van der Waals surface area contributed by atoms with E-state index in [4.69, 9.17) is 0 Å². The third kappa shape index (κ3) is 1.15. The van der Waals surface area contributed by atoms with Crippen LogP contribution >= 0.6 is 11.3 Å². The normalized spacial score (nSPS) is 44.0. The minimum absolute atomic E-state index is 0.0548. The Morgan fingerprint density at radius 2 is 1.70 bits per heavy atom. The van der Waals surface area contributed by atoms with Gasteiger partial charge in [-0.2, -0.15) is 0 Å². The summed E-state index contributed by atoms with van der Waals surface area (Å²) in [5.74, 6) is 1.41. The van der Waals surface area contributed by atoms with Crippen LogP contribution in [-0.4, -0.2) is 22.0 Å². The molecule has 2 heterocycles. The van der Waals surface area contributed by atoms with E-state index in [9.17, 15) is 9.59 Å². The molecule has 0 spiro atoms. The predicted molar refractivity (Wildman–Crippen MR) is 71.8 cm³/mol. The van der Waals surface area contributed by atoms with E-state index in [1.54, 1.807) is 0 Å². The third-order valence-electron chi connectivity index (χ3n) is 5.37. The molecule has 1 aromatic rings. The highest BCUT2D eigenvalue weighted by Crippen LogP contribution is 2.65. The molecule has 0 aromatic carbocycles. The first-order valence-corrected chi connectivity index (χ1v) is 7.84. The molecule has 2 amide bonds. The molecular formula is C14H13N3O2S. The molecule has 3 fully saturated rings. The topological polar surface area (TPSA) is 63.2 Å². The highest BCUT2D eigenvalue weighted by Gasteiger charge is 2.67. The Morgan fingerprint density at radius 3 is 2.20 bits per heavy atom. The van der Waals surface area contributed by atoms with Crippen LogP contribution in [0.4, 0.5) is 5.13 Å². The van der Waals surface area contributed by atoms with Crippen LogP contribution in [-0.2, 0) is 9.59 Å². The number of nitrogens with zero attached hydrogens (tertiary/aromatic N) is 3. The van der Waals surface area contributed by atoms with Crippen LogP contribution in [0, 0.1) is 42.4 Å². The average molecular weight is 287 g/mol. The first-order valence-electron chi connectivity index (χ1n) is 7.03. The molecule has 6 heteroatoms. The summed E-state index contributed by atoms with van der Waals surface area (Å²) in [5.41, 5.74) is 0. The smallest absolute Gasteiger partial charge is 0.240 e. The largest absolute Gasteiger partial charge is 0.274 e. The first-order chi connectivity index (χ1) is 9.66. The van der Waals surface area contributed by atoms with Crippen LogP contribution in [0.5, 0.6) is 0 Å². The monoisotopic (exact) mass is 287 g/mol. The summed E-state index contributed by atoms with van der Waals surface area (Å²) in [6.07, 6.45) is 5.55. The van der Waals surface area contributed by atoms with Crippen molar-refractivity contribution in [1.82, 2.24) is 10.2 Å². The zero-order valence-electron chi connectivity index (χ0n) is 10.9. The number of carbonyl (C=O) groups excluding carboxylic acids is 2. The van der Waals surface area contributed by atoms with Gasteiger partial charge in [0.05, 0.1) is 11.8 Å². The third-order valence-corrected chi connectivity index (χ3v) is 6.19. The summed E-state index contributed by atoms with van der Waals surface area (Å²) in [6.45, 7) is 1.83. The lowest BCUT2D eigenvalue weighted by Gasteiger charge is -2.37. The van der Waals surface area contributed by atoms with Crippen LogP contribution in [0.15, 0.2) is 12.2 Å². The molecule has 102 valence electrons. The number of anilines is 1. The maximum atomic E-state index is 12.7. The van der Waals surface area contributed by atoms with Gasteiger partial charge in [0.15, 0.2) is 0 Å². The standard InChI is InChI=1S/C14H13N3O2S/c1-5-15-16-14(20-5)17-12(18)10-6-2-3-7(9-4-8(6)9)11(10)13(17)19/h2-3,6-11H,4H2,1H3/t6-,7-,8-,9-,10-,11+/m1/s1. The van der Waals surface area contributed by atoms with Crippen molar-refractivity contribution in [3.63, 3.8) is 0 Å². The van der Waals surface area contributed by atoms with Crippen LogP contribution in [0.1, 0.15) is 11.4 Å². The zero-order chi connectivity index (χ0) is 13.6. The molecule has 0 radical (unpaired) electrons. The first kappa shape index (κ1) is 11.1. The van der Waals surface area contributed by atoms with Gasteiger partial charge in [-0.1, -0.05) is 23.5 Å². The van der Waals surface area contributed by atoms with Crippen LogP contribution in [0.25, 0.3) is 0 Å². The second kappa shape index (κ2) is 3.36. The Labute approximate surface area is 119 Å². The summed E-state index contributed by atoms with van der Waals surface area (Å²) >= 11 is 1.31. The molecule has 0 unspecified atom stereocenters. The number of rotatable bonds is 1. The van der Waals surface area contributed by atoms with Crippen LogP contribution < -0.4 is 4.90 Å². The van der Waals surface area contributed by atoms with Crippen molar-refractivity contribution in [2.24, 2.45) is 35.5 Å². The molecule has 1 aromatic heterocycles. The molecular weight excluding hydrogens is 274 g/mol. The summed E-state index contributed by atoms with van der Waals surface area (Å²) in [4.78, 5) is 26.8. The van der Waals surface area contributed by atoms with Gasteiger partial charge in [0.2, 0.25) is 16.9 Å². The van der Waals surface area contributed by atoms with E-state index in [-0.39, 0.29) is 35.5 Å². The summed E-state index contributed by atoms with van der Waals surface area (Å²) in [6, 6.07) is 0. The van der Waals surface area contributed by atoms with E-state index < -0.39 is 0 Å². The maximum absolute atomic E-state index is 12.7. The number of hydrogen-bond donors (Lipinski definition) is 0. The van der Waals surface area contributed by atoms with E-state index in [1.807, 2.05) is 6.92 Å². The van der Waals surface area contributed by atoms with Crippen molar-refractivity contribution in [2.75, 3.05) is 4.90 Å². The summed E-state index contributed by atoms with van der Waals surface area (Å²) in [7, 11) is 0. The van der Waals surface area contributed by atoms with Crippen molar-refractivity contribution < 1.29 is 9.59 Å². The van der Waals surface area contributed by atoms with E-state index >= 15 is 0 Å². The summed E-state index contributed by atoms with van der Waals surface area (Å²) in [5, 5.41) is 9.14. The Hall–Kier alpha value is -1.56. The number of amides is 2. The lowest BCUT2D eigenvalue weighted by molar-refractivity contribution is -0.124. The summed E-state index contributed by atoms with van der Waals surface area (Å²) < 4.78 is 0. The van der Waals surface area contributed by atoms with Gasteiger partial charge in [0.1, 0.15) is 5.01 Å². The van der Waals surface area contributed by atoms with Gasteiger partial charge in [-0.25, -0.2) is 4.90 Å². The van der Waals surface area contributed by atoms with Gasteiger partial charge < -0.3 is 0 Å². The molecule has 4 aliphatic carbocycles. The highest BCUT2D eigenvalue weighted by molar-refractivity contribution is 7.15. The van der Waals surface area contributed by atoms with Crippen molar-refractivity contribution in [2.45, 2.75) is 13.3 Å². The van der Waals surface area contributed by atoms with Gasteiger partial charge in [0.25, 0.3) is 0 Å². The molecule has 6 rings (SSSR count). The molecule has 2 bridgehead atoms.